The summed E-state index contributed by atoms with van der Waals surface area (Å²) in [4.78, 5) is 25.5. The Morgan fingerprint density at radius 2 is 2.00 bits per heavy atom. The fourth-order valence-electron chi connectivity index (χ4n) is 1.52. The Bertz CT molecular complexity index is 719. The first kappa shape index (κ1) is 15.1. The Balaban J connectivity index is 2.31. The number of carbonyl (C=O) groups excluding carboxylic acids is 1. The first-order valence-electron chi connectivity index (χ1n) is 5.44. The van der Waals surface area contributed by atoms with E-state index in [9.17, 15) is 19.3 Å². The van der Waals surface area contributed by atoms with Gasteiger partial charge in [0.25, 0.3) is 11.6 Å². The van der Waals surface area contributed by atoms with Crippen LogP contribution >= 0.6 is 23.2 Å². The molecule has 1 heterocycles. The maximum absolute atomic E-state index is 13.2. The van der Waals surface area contributed by atoms with Crippen LogP contribution in [0.4, 0.5) is 15.8 Å². The van der Waals surface area contributed by atoms with Crippen molar-refractivity contribution in [3.63, 3.8) is 0 Å². The zero-order valence-corrected chi connectivity index (χ0v) is 11.7. The molecule has 0 aliphatic carbocycles. The normalized spacial score (nSPS) is 10.2. The van der Waals surface area contributed by atoms with E-state index in [4.69, 9.17) is 23.2 Å². The number of amides is 1. The summed E-state index contributed by atoms with van der Waals surface area (Å²) < 4.78 is 13.2. The smallest absolute Gasteiger partial charge is 0.288 e. The lowest BCUT2D eigenvalue weighted by Gasteiger charge is -2.07. The minimum atomic E-state index is -0.766. The average molecular weight is 330 g/mol. The number of benzene rings is 1. The van der Waals surface area contributed by atoms with Crippen molar-refractivity contribution in [3.8, 4) is 0 Å². The van der Waals surface area contributed by atoms with Crippen LogP contribution in [-0.2, 0) is 0 Å². The lowest BCUT2D eigenvalue weighted by molar-refractivity contribution is -0.385. The maximum Gasteiger partial charge on any atom is 0.288 e. The molecule has 0 aliphatic rings. The monoisotopic (exact) mass is 329 g/mol. The van der Waals surface area contributed by atoms with E-state index < -0.39 is 16.6 Å². The third-order valence-electron chi connectivity index (χ3n) is 2.40. The van der Waals surface area contributed by atoms with Gasteiger partial charge in [0.15, 0.2) is 0 Å². The highest BCUT2D eigenvalue weighted by Crippen LogP contribution is 2.22. The van der Waals surface area contributed by atoms with Gasteiger partial charge in [-0.25, -0.2) is 9.37 Å². The summed E-state index contributed by atoms with van der Waals surface area (Å²) >= 11 is 11.4. The van der Waals surface area contributed by atoms with Crippen molar-refractivity contribution in [2.75, 3.05) is 5.32 Å². The van der Waals surface area contributed by atoms with E-state index in [1.165, 1.54) is 6.07 Å². The molecule has 1 aromatic heterocycles. The van der Waals surface area contributed by atoms with Gasteiger partial charge in [-0.1, -0.05) is 23.2 Å². The minimum Gasteiger partial charge on any atom is -0.322 e. The van der Waals surface area contributed by atoms with E-state index in [0.717, 1.165) is 24.4 Å². The molecule has 0 unspecified atom stereocenters. The van der Waals surface area contributed by atoms with E-state index in [0.29, 0.717) is 0 Å². The van der Waals surface area contributed by atoms with Gasteiger partial charge in [0, 0.05) is 16.8 Å². The topological polar surface area (TPSA) is 85.1 Å². The molecule has 0 spiro atoms. The summed E-state index contributed by atoms with van der Waals surface area (Å²) in [6.07, 6.45) is 0.929. The van der Waals surface area contributed by atoms with E-state index in [1.54, 1.807) is 0 Å². The molecular formula is C12H6Cl2FN3O3. The van der Waals surface area contributed by atoms with Gasteiger partial charge in [0.1, 0.15) is 17.2 Å². The Morgan fingerprint density at radius 1 is 1.29 bits per heavy atom. The molecule has 2 aromatic rings. The summed E-state index contributed by atoms with van der Waals surface area (Å²) in [5, 5.41) is 12.9. The number of nitrogens with zero attached hydrogens (tertiary/aromatic N) is 2. The fraction of sp³-hybridized carbons (Fsp3) is 0. The Labute approximate surface area is 127 Å². The molecule has 9 heteroatoms. The number of hydrogen-bond acceptors (Lipinski definition) is 4. The predicted molar refractivity (Wildman–Crippen MR) is 75.3 cm³/mol. The number of pyridine rings is 1. The summed E-state index contributed by atoms with van der Waals surface area (Å²) in [7, 11) is 0. The van der Waals surface area contributed by atoms with Crippen LogP contribution in [-0.4, -0.2) is 15.8 Å². The SMILES string of the molecule is O=C(Nc1cc(F)cc(Cl)c1)c1cc([N+](=O)[O-])cnc1Cl. The first-order chi connectivity index (χ1) is 9.86. The van der Waals surface area contributed by atoms with E-state index >= 15 is 0 Å². The molecule has 0 aliphatic heterocycles. The quantitative estimate of drug-likeness (QED) is 0.528. The summed E-state index contributed by atoms with van der Waals surface area (Å²) in [6.45, 7) is 0. The maximum atomic E-state index is 13.2. The summed E-state index contributed by atoms with van der Waals surface area (Å²) in [6, 6.07) is 4.41. The van der Waals surface area contributed by atoms with Gasteiger partial charge in [-0.05, 0) is 18.2 Å². The number of nitrogens with one attached hydrogen (secondary N) is 1. The third-order valence-corrected chi connectivity index (χ3v) is 2.92. The van der Waals surface area contributed by atoms with Crippen LogP contribution < -0.4 is 5.32 Å². The van der Waals surface area contributed by atoms with Crippen LogP contribution in [0.1, 0.15) is 10.4 Å². The second-order valence-electron chi connectivity index (χ2n) is 3.90. The van der Waals surface area contributed by atoms with E-state index in [1.807, 2.05) is 0 Å². The van der Waals surface area contributed by atoms with Crippen molar-refractivity contribution in [1.29, 1.82) is 0 Å². The average Bonchev–Trinajstić information content (AvgIpc) is 2.37. The molecule has 6 nitrogen and oxygen atoms in total. The van der Waals surface area contributed by atoms with Crippen molar-refractivity contribution in [3.05, 3.63) is 62.1 Å². The highest BCUT2D eigenvalue weighted by Gasteiger charge is 2.17. The highest BCUT2D eigenvalue weighted by atomic mass is 35.5. The Kier molecular flexibility index (Phi) is 4.35. The van der Waals surface area contributed by atoms with Crippen molar-refractivity contribution in [2.45, 2.75) is 0 Å². The van der Waals surface area contributed by atoms with Gasteiger partial charge in [-0.3, -0.25) is 14.9 Å². The molecule has 0 atom stereocenters. The van der Waals surface area contributed by atoms with Crippen LogP contribution in [0.3, 0.4) is 0 Å². The molecule has 1 aromatic carbocycles. The largest absolute Gasteiger partial charge is 0.322 e. The zero-order valence-electron chi connectivity index (χ0n) is 10.1. The zero-order chi connectivity index (χ0) is 15.6. The van der Waals surface area contributed by atoms with Crippen molar-refractivity contribution >= 4 is 40.5 Å². The molecule has 21 heavy (non-hydrogen) atoms. The third kappa shape index (κ3) is 3.65. The molecule has 2 rings (SSSR count). The van der Waals surface area contributed by atoms with Crippen molar-refractivity contribution < 1.29 is 14.1 Å². The van der Waals surface area contributed by atoms with Gasteiger partial charge >= 0.3 is 0 Å². The van der Waals surface area contributed by atoms with Crippen LogP contribution in [0.2, 0.25) is 10.2 Å². The van der Waals surface area contributed by atoms with Gasteiger partial charge in [-0.15, -0.1) is 0 Å². The number of aromatic nitrogens is 1. The minimum absolute atomic E-state index is 0.0903. The molecule has 1 amide bonds. The van der Waals surface area contributed by atoms with Crippen molar-refractivity contribution in [1.82, 2.24) is 4.98 Å². The molecule has 0 bridgehead atoms. The number of halogens is 3. The number of hydrogen-bond donors (Lipinski definition) is 1. The number of rotatable bonds is 3. The van der Waals surface area contributed by atoms with Crippen LogP contribution in [0.5, 0.6) is 0 Å². The Morgan fingerprint density at radius 3 is 2.62 bits per heavy atom. The highest BCUT2D eigenvalue weighted by molar-refractivity contribution is 6.33. The molecule has 0 saturated carbocycles. The number of anilines is 1. The van der Waals surface area contributed by atoms with Gasteiger partial charge in [0.2, 0.25) is 0 Å². The van der Waals surface area contributed by atoms with Gasteiger partial charge in [0.05, 0.1) is 10.5 Å². The van der Waals surface area contributed by atoms with Gasteiger partial charge < -0.3 is 5.32 Å². The number of carbonyl (C=O) groups is 1. The molecular weight excluding hydrogens is 324 g/mol. The molecule has 0 radical (unpaired) electrons. The number of nitro groups is 1. The molecule has 0 saturated heterocycles. The molecule has 1 N–H and O–H groups in total. The Hall–Kier alpha value is -2.25. The second kappa shape index (κ2) is 6.02. The lowest BCUT2D eigenvalue weighted by Crippen LogP contribution is -2.13. The van der Waals surface area contributed by atoms with Crippen LogP contribution in [0, 0.1) is 15.9 Å². The predicted octanol–water partition coefficient (Wildman–Crippen LogP) is 3.69. The van der Waals surface area contributed by atoms with Crippen molar-refractivity contribution in [2.24, 2.45) is 0 Å². The van der Waals surface area contributed by atoms with E-state index in [2.05, 4.69) is 10.3 Å². The fourth-order valence-corrected chi connectivity index (χ4v) is 1.93. The van der Waals surface area contributed by atoms with Crippen LogP contribution in [0.25, 0.3) is 0 Å². The van der Waals surface area contributed by atoms with Gasteiger partial charge in [-0.2, -0.15) is 0 Å². The molecule has 0 fully saturated rings. The second-order valence-corrected chi connectivity index (χ2v) is 4.70. The summed E-state index contributed by atoms with van der Waals surface area (Å²) in [5.74, 6) is -1.40. The standard InChI is InChI=1S/C12H6Cl2FN3O3/c13-6-1-7(15)3-8(2-6)17-12(19)10-4-9(18(20)21)5-16-11(10)14/h1-5H,(H,17,19). The summed E-state index contributed by atoms with van der Waals surface area (Å²) in [5.41, 5.74) is -0.499. The first-order valence-corrected chi connectivity index (χ1v) is 6.20. The molecule has 108 valence electrons. The van der Waals surface area contributed by atoms with E-state index in [-0.39, 0.29) is 27.1 Å². The lowest BCUT2D eigenvalue weighted by atomic mass is 10.2. The van der Waals surface area contributed by atoms with Crippen LogP contribution in [0.15, 0.2) is 30.5 Å².